The van der Waals surface area contributed by atoms with Gasteiger partial charge in [0.2, 0.25) is 0 Å². The third kappa shape index (κ3) is 2.15. The molecule has 1 aromatic heterocycles. The molecule has 0 aliphatic carbocycles. The summed E-state index contributed by atoms with van der Waals surface area (Å²) in [7, 11) is 0. The molecule has 3 aromatic rings. The third-order valence-corrected chi connectivity index (χ3v) is 2.83. The first-order valence-electron chi connectivity index (χ1n) is 5.48. The van der Waals surface area contributed by atoms with Crippen molar-refractivity contribution in [2.45, 2.75) is 0 Å². The topological polar surface area (TPSA) is 33.1 Å². The van der Waals surface area contributed by atoms with Crippen molar-refractivity contribution in [3.05, 3.63) is 60.8 Å². The van der Waals surface area contributed by atoms with Crippen molar-refractivity contribution in [3.63, 3.8) is 0 Å². The molecule has 0 saturated carbocycles. The Labute approximate surface area is 119 Å². The number of aromatic hydroxyl groups is 1. The molecule has 1 radical (unpaired) electrons. The fourth-order valence-electron chi connectivity index (χ4n) is 2.01. The van der Waals surface area contributed by atoms with Gasteiger partial charge in [-0.15, -0.1) is 0 Å². The zero-order valence-electron chi connectivity index (χ0n) is 9.50. The number of phenols is 1. The van der Waals surface area contributed by atoms with Crippen molar-refractivity contribution in [1.82, 2.24) is 4.98 Å². The van der Waals surface area contributed by atoms with Gasteiger partial charge in [-0.1, -0.05) is 36.4 Å². The molecule has 0 fully saturated rings. The maximum atomic E-state index is 9.88. The van der Waals surface area contributed by atoms with E-state index in [-0.39, 0.29) is 25.9 Å². The van der Waals surface area contributed by atoms with Crippen molar-refractivity contribution < 1.29 is 25.2 Å². The van der Waals surface area contributed by atoms with Gasteiger partial charge in [0.05, 0.1) is 5.69 Å². The van der Waals surface area contributed by atoms with Crippen LogP contribution in [0.1, 0.15) is 0 Å². The van der Waals surface area contributed by atoms with Gasteiger partial charge in [-0.3, -0.25) is 4.98 Å². The van der Waals surface area contributed by atoms with E-state index in [1.165, 1.54) is 0 Å². The molecule has 0 spiro atoms. The van der Waals surface area contributed by atoms with Crippen LogP contribution in [-0.4, -0.2) is 10.1 Å². The van der Waals surface area contributed by atoms with E-state index in [1.807, 2.05) is 48.5 Å². The molecule has 2 aromatic carbocycles. The summed E-state index contributed by atoms with van der Waals surface area (Å²) in [5.74, 6) is 0.261. The van der Waals surface area contributed by atoms with Crippen LogP contribution in [0.15, 0.2) is 60.8 Å². The summed E-state index contributed by atoms with van der Waals surface area (Å²) in [6.45, 7) is 0. The second-order valence-corrected chi connectivity index (χ2v) is 3.90. The molecular formula is C15H11IrNO. The van der Waals surface area contributed by atoms with Crippen LogP contribution in [0, 0.1) is 0 Å². The first-order chi connectivity index (χ1) is 8.36. The second-order valence-electron chi connectivity index (χ2n) is 3.90. The summed E-state index contributed by atoms with van der Waals surface area (Å²) in [4.78, 5) is 4.38. The van der Waals surface area contributed by atoms with Crippen molar-refractivity contribution in [1.29, 1.82) is 0 Å². The van der Waals surface area contributed by atoms with E-state index in [4.69, 9.17) is 0 Å². The first kappa shape index (κ1) is 12.7. The number of phenolic OH excluding ortho intramolecular Hbond substituents is 1. The van der Waals surface area contributed by atoms with Crippen LogP contribution in [0.5, 0.6) is 5.75 Å². The average molecular weight is 413 g/mol. The smallest absolute Gasteiger partial charge is 0.124 e. The Balaban J connectivity index is 0.00000120. The van der Waals surface area contributed by atoms with Crippen LogP contribution in [0.2, 0.25) is 0 Å². The summed E-state index contributed by atoms with van der Waals surface area (Å²) in [6.07, 6.45) is 1.77. The molecule has 0 aliphatic rings. The number of rotatable bonds is 1. The molecule has 0 atom stereocenters. The van der Waals surface area contributed by atoms with Gasteiger partial charge in [0.15, 0.2) is 0 Å². The number of hydrogen-bond donors (Lipinski definition) is 1. The Morgan fingerprint density at radius 1 is 0.833 bits per heavy atom. The molecule has 1 N–H and O–H groups in total. The SMILES string of the molecule is Oc1ccccc1-c1nccc2ccccc12.[Ir]. The van der Waals surface area contributed by atoms with Crippen molar-refractivity contribution in [3.8, 4) is 17.0 Å². The fourth-order valence-corrected chi connectivity index (χ4v) is 2.01. The number of pyridine rings is 1. The van der Waals surface area contributed by atoms with Crippen LogP contribution in [0.3, 0.4) is 0 Å². The molecule has 1 heterocycles. The van der Waals surface area contributed by atoms with Gasteiger partial charge in [-0.2, -0.15) is 0 Å². The molecule has 0 unspecified atom stereocenters. The summed E-state index contributed by atoms with van der Waals surface area (Å²) in [5.41, 5.74) is 1.59. The van der Waals surface area contributed by atoms with Crippen LogP contribution >= 0.6 is 0 Å². The van der Waals surface area contributed by atoms with E-state index in [2.05, 4.69) is 4.98 Å². The Morgan fingerprint density at radius 2 is 1.56 bits per heavy atom. The number of hydrogen-bond acceptors (Lipinski definition) is 2. The minimum absolute atomic E-state index is 0. The predicted octanol–water partition coefficient (Wildman–Crippen LogP) is 3.60. The van der Waals surface area contributed by atoms with Crippen molar-refractivity contribution in [2.24, 2.45) is 0 Å². The van der Waals surface area contributed by atoms with E-state index >= 15 is 0 Å². The summed E-state index contributed by atoms with van der Waals surface area (Å²) in [5, 5.41) is 12.1. The standard InChI is InChI=1S/C15H11NO.Ir/c17-14-8-4-3-7-13(14)15-12-6-2-1-5-11(12)9-10-16-15;/h1-10,17H;. The Morgan fingerprint density at radius 3 is 2.39 bits per heavy atom. The maximum Gasteiger partial charge on any atom is 0.124 e. The molecule has 3 heteroatoms. The van der Waals surface area contributed by atoms with E-state index in [1.54, 1.807) is 12.3 Å². The van der Waals surface area contributed by atoms with Crippen LogP contribution in [0.25, 0.3) is 22.0 Å². The normalized spacial score (nSPS) is 10.0. The zero-order chi connectivity index (χ0) is 11.7. The van der Waals surface area contributed by atoms with Crippen LogP contribution < -0.4 is 0 Å². The van der Waals surface area contributed by atoms with Gasteiger partial charge in [0, 0.05) is 37.3 Å². The van der Waals surface area contributed by atoms with E-state index in [0.29, 0.717) is 0 Å². The molecule has 3 rings (SSSR count). The second kappa shape index (κ2) is 5.30. The molecule has 91 valence electrons. The van der Waals surface area contributed by atoms with Gasteiger partial charge < -0.3 is 5.11 Å². The van der Waals surface area contributed by atoms with Gasteiger partial charge in [-0.25, -0.2) is 0 Å². The first-order valence-corrected chi connectivity index (χ1v) is 5.48. The zero-order valence-corrected chi connectivity index (χ0v) is 11.9. The average Bonchev–Trinajstić information content (AvgIpc) is 2.39. The van der Waals surface area contributed by atoms with E-state index in [0.717, 1.165) is 22.0 Å². The summed E-state index contributed by atoms with van der Waals surface area (Å²) < 4.78 is 0. The minimum Gasteiger partial charge on any atom is -0.507 e. The third-order valence-electron chi connectivity index (χ3n) is 2.83. The maximum absolute atomic E-state index is 9.88. The number of nitrogens with zero attached hydrogens (tertiary/aromatic N) is 1. The van der Waals surface area contributed by atoms with Crippen LogP contribution in [0.4, 0.5) is 0 Å². The molecular weight excluding hydrogens is 402 g/mol. The molecule has 18 heavy (non-hydrogen) atoms. The summed E-state index contributed by atoms with van der Waals surface area (Å²) in [6, 6.07) is 17.3. The monoisotopic (exact) mass is 414 g/mol. The Bertz CT molecular complexity index is 677. The molecule has 0 amide bonds. The van der Waals surface area contributed by atoms with E-state index < -0.39 is 0 Å². The predicted molar refractivity (Wildman–Crippen MR) is 68.8 cm³/mol. The molecule has 0 bridgehead atoms. The largest absolute Gasteiger partial charge is 0.507 e. The van der Waals surface area contributed by atoms with Gasteiger partial charge in [-0.05, 0) is 23.6 Å². The minimum atomic E-state index is 0. The number of aromatic nitrogens is 1. The molecule has 0 saturated heterocycles. The van der Waals surface area contributed by atoms with Gasteiger partial charge in [0.25, 0.3) is 0 Å². The number of para-hydroxylation sites is 1. The summed E-state index contributed by atoms with van der Waals surface area (Å²) >= 11 is 0. The molecule has 0 aliphatic heterocycles. The van der Waals surface area contributed by atoms with Crippen molar-refractivity contribution in [2.75, 3.05) is 0 Å². The quantitative estimate of drug-likeness (QED) is 0.661. The van der Waals surface area contributed by atoms with E-state index in [9.17, 15) is 5.11 Å². The van der Waals surface area contributed by atoms with Crippen molar-refractivity contribution >= 4 is 10.8 Å². The van der Waals surface area contributed by atoms with Gasteiger partial charge in [0.1, 0.15) is 5.75 Å². The fraction of sp³-hybridized carbons (Fsp3) is 0. The van der Waals surface area contributed by atoms with Gasteiger partial charge >= 0.3 is 0 Å². The van der Waals surface area contributed by atoms with Crippen LogP contribution in [-0.2, 0) is 20.1 Å². The Hall–Kier alpha value is -1.70. The number of benzene rings is 2. The molecule has 2 nitrogen and oxygen atoms in total. The Kier molecular flexibility index (Phi) is 3.75. The number of fused-ring (bicyclic) bond motifs is 1.